The van der Waals surface area contributed by atoms with E-state index in [4.69, 9.17) is 20.9 Å². The highest BCUT2D eigenvalue weighted by Gasteiger charge is 2.22. The van der Waals surface area contributed by atoms with Crippen LogP contribution in [0.3, 0.4) is 0 Å². The molecular weight excluding hydrogens is 416 g/mol. The van der Waals surface area contributed by atoms with E-state index < -0.39 is 0 Å². The summed E-state index contributed by atoms with van der Waals surface area (Å²) in [4.78, 5) is 21.2. The summed E-state index contributed by atoms with van der Waals surface area (Å²) in [5.74, 6) is 2.08. The molecule has 0 saturated carbocycles. The maximum atomic E-state index is 12.6. The third kappa shape index (κ3) is 5.42. The van der Waals surface area contributed by atoms with E-state index in [1.54, 1.807) is 7.11 Å². The minimum atomic E-state index is 0.166. The molecule has 31 heavy (non-hydrogen) atoms. The zero-order chi connectivity index (χ0) is 21.6. The predicted octanol–water partition coefficient (Wildman–Crippen LogP) is 3.68. The molecule has 0 bridgehead atoms. The van der Waals surface area contributed by atoms with Gasteiger partial charge in [0.2, 0.25) is 17.6 Å². The van der Waals surface area contributed by atoms with Gasteiger partial charge >= 0.3 is 0 Å². The Labute approximate surface area is 186 Å². The second-order valence-electron chi connectivity index (χ2n) is 7.49. The first-order chi connectivity index (χ1) is 15.1. The quantitative estimate of drug-likeness (QED) is 0.558. The summed E-state index contributed by atoms with van der Waals surface area (Å²) >= 11 is 6.19. The van der Waals surface area contributed by atoms with Crippen LogP contribution in [0, 0.1) is 0 Å². The largest absolute Gasteiger partial charge is 0.497 e. The number of piperazine rings is 1. The molecule has 1 aromatic heterocycles. The fourth-order valence-electron chi connectivity index (χ4n) is 3.62. The molecule has 162 valence electrons. The van der Waals surface area contributed by atoms with Crippen molar-refractivity contribution in [2.24, 2.45) is 0 Å². The number of ether oxygens (including phenoxy) is 1. The highest BCUT2D eigenvalue weighted by atomic mass is 35.5. The van der Waals surface area contributed by atoms with Crippen LogP contribution in [0.1, 0.15) is 17.9 Å². The van der Waals surface area contributed by atoms with E-state index >= 15 is 0 Å². The standard InChI is InChI=1S/C23H25ClN4O3/c1-30-19-9-6-18(7-10-19)23-25-21(31-26-23)16-27-12-14-28(15-13-27)22(29)11-8-17-4-2-3-5-20(17)24/h2-7,9-10H,8,11-16H2,1H3. The average Bonchev–Trinajstić information content (AvgIpc) is 3.27. The van der Waals surface area contributed by atoms with Crippen LogP contribution in [0.25, 0.3) is 11.4 Å². The van der Waals surface area contributed by atoms with E-state index in [0.717, 1.165) is 30.0 Å². The fraction of sp³-hybridized carbons (Fsp3) is 0.348. The van der Waals surface area contributed by atoms with E-state index in [2.05, 4.69) is 15.0 Å². The van der Waals surface area contributed by atoms with Crippen molar-refractivity contribution in [2.45, 2.75) is 19.4 Å². The predicted molar refractivity (Wildman–Crippen MR) is 118 cm³/mol. The van der Waals surface area contributed by atoms with Gasteiger partial charge in [-0.15, -0.1) is 0 Å². The molecule has 2 aromatic carbocycles. The molecule has 0 N–H and O–H groups in total. The number of hydrogen-bond acceptors (Lipinski definition) is 6. The van der Waals surface area contributed by atoms with Gasteiger partial charge in [-0.1, -0.05) is 35.0 Å². The van der Waals surface area contributed by atoms with Crippen molar-refractivity contribution in [3.63, 3.8) is 0 Å². The van der Waals surface area contributed by atoms with Crippen molar-refractivity contribution in [3.8, 4) is 17.1 Å². The van der Waals surface area contributed by atoms with Crippen LogP contribution in [-0.2, 0) is 17.8 Å². The molecule has 3 aromatic rings. The number of methoxy groups -OCH3 is 1. The Morgan fingerprint density at radius 3 is 2.55 bits per heavy atom. The molecule has 1 saturated heterocycles. The lowest BCUT2D eigenvalue weighted by Crippen LogP contribution is -2.48. The number of aryl methyl sites for hydroxylation is 1. The summed E-state index contributed by atoms with van der Waals surface area (Å²) in [5, 5.41) is 4.80. The molecule has 1 amide bonds. The van der Waals surface area contributed by atoms with Crippen molar-refractivity contribution in [1.29, 1.82) is 0 Å². The maximum absolute atomic E-state index is 12.6. The molecule has 8 heteroatoms. The molecule has 0 radical (unpaired) electrons. The number of aromatic nitrogens is 2. The zero-order valence-electron chi connectivity index (χ0n) is 17.5. The number of halogens is 1. The normalized spacial score (nSPS) is 14.6. The maximum Gasteiger partial charge on any atom is 0.241 e. The average molecular weight is 441 g/mol. The number of nitrogens with zero attached hydrogens (tertiary/aromatic N) is 4. The molecule has 4 rings (SSSR count). The van der Waals surface area contributed by atoms with Gasteiger partial charge in [-0.2, -0.15) is 4.98 Å². The molecule has 0 spiro atoms. The Morgan fingerprint density at radius 2 is 1.84 bits per heavy atom. The summed E-state index contributed by atoms with van der Waals surface area (Å²) in [6, 6.07) is 15.2. The summed E-state index contributed by atoms with van der Waals surface area (Å²) in [6.07, 6.45) is 1.13. The summed E-state index contributed by atoms with van der Waals surface area (Å²) in [6.45, 7) is 3.52. The van der Waals surface area contributed by atoms with Crippen molar-refractivity contribution < 1.29 is 14.1 Å². The van der Waals surface area contributed by atoms with Crippen molar-refractivity contribution in [3.05, 3.63) is 65.0 Å². The van der Waals surface area contributed by atoms with Crippen molar-refractivity contribution in [2.75, 3.05) is 33.3 Å². The first-order valence-electron chi connectivity index (χ1n) is 10.3. The van der Waals surface area contributed by atoms with Gasteiger partial charge < -0.3 is 14.2 Å². The third-order valence-electron chi connectivity index (χ3n) is 5.47. The number of hydrogen-bond donors (Lipinski definition) is 0. The van der Waals surface area contributed by atoms with E-state index in [0.29, 0.717) is 49.2 Å². The summed E-state index contributed by atoms with van der Waals surface area (Å²) < 4.78 is 10.6. The lowest BCUT2D eigenvalue weighted by Gasteiger charge is -2.34. The number of carbonyl (C=O) groups is 1. The van der Waals surface area contributed by atoms with Gasteiger partial charge in [-0.25, -0.2) is 0 Å². The first-order valence-corrected chi connectivity index (χ1v) is 10.7. The van der Waals surface area contributed by atoms with Crippen LogP contribution in [0.5, 0.6) is 5.75 Å². The molecule has 0 aliphatic carbocycles. The highest BCUT2D eigenvalue weighted by molar-refractivity contribution is 6.31. The smallest absolute Gasteiger partial charge is 0.241 e. The Kier molecular flexibility index (Phi) is 6.84. The Morgan fingerprint density at radius 1 is 1.10 bits per heavy atom. The van der Waals surface area contributed by atoms with E-state index in [1.807, 2.05) is 53.4 Å². The Hall–Kier alpha value is -2.90. The van der Waals surface area contributed by atoms with Gasteiger partial charge in [0.15, 0.2) is 0 Å². The lowest BCUT2D eigenvalue weighted by atomic mass is 10.1. The second-order valence-corrected chi connectivity index (χ2v) is 7.90. The number of rotatable bonds is 7. The highest BCUT2D eigenvalue weighted by Crippen LogP contribution is 2.21. The molecule has 1 aliphatic rings. The van der Waals surface area contributed by atoms with Crippen molar-refractivity contribution >= 4 is 17.5 Å². The molecule has 0 unspecified atom stereocenters. The topological polar surface area (TPSA) is 71.7 Å². The molecular formula is C23H25ClN4O3. The Bertz CT molecular complexity index is 1010. The third-order valence-corrected chi connectivity index (χ3v) is 5.83. The van der Waals surface area contributed by atoms with Gasteiger partial charge in [0.05, 0.1) is 13.7 Å². The van der Waals surface area contributed by atoms with Crippen LogP contribution in [0.15, 0.2) is 53.1 Å². The fourth-order valence-corrected chi connectivity index (χ4v) is 3.85. The van der Waals surface area contributed by atoms with Gasteiger partial charge in [0.1, 0.15) is 5.75 Å². The number of benzene rings is 2. The molecule has 2 heterocycles. The molecule has 0 atom stereocenters. The zero-order valence-corrected chi connectivity index (χ0v) is 18.2. The molecule has 1 aliphatic heterocycles. The van der Waals surface area contributed by atoms with E-state index in [9.17, 15) is 4.79 Å². The minimum Gasteiger partial charge on any atom is -0.497 e. The van der Waals surface area contributed by atoms with Gasteiger partial charge in [0.25, 0.3) is 0 Å². The van der Waals surface area contributed by atoms with Gasteiger partial charge in [-0.3, -0.25) is 9.69 Å². The Balaban J connectivity index is 1.25. The van der Waals surface area contributed by atoms with Crippen LogP contribution in [-0.4, -0.2) is 59.1 Å². The molecule has 1 fully saturated rings. The van der Waals surface area contributed by atoms with E-state index in [1.165, 1.54) is 0 Å². The van der Waals surface area contributed by atoms with Crippen LogP contribution >= 0.6 is 11.6 Å². The molecule has 7 nitrogen and oxygen atoms in total. The second kappa shape index (κ2) is 9.94. The lowest BCUT2D eigenvalue weighted by molar-refractivity contribution is -0.133. The number of carbonyl (C=O) groups excluding carboxylic acids is 1. The van der Waals surface area contributed by atoms with E-state index in [-0.39, 0.29) is 5.91 Å². The monoisotopic (exact) mass is 440 g/mol. The van der Waals surface area contributed by atoms with Gasteiger partial charge in [0, 0.05) is 43.2 Å². The van der Waals surface area contributed by atoms with Gasteiger partial charge in [-0.05, 0) is 42.3 Å². The SMILES string of the molecule is COc1ccc(-c2noc(CN3CCN(C(=O)CCc4ccccc4Cl)CC3)n2)cc1. The van der Waals surface area contributed by atoms with Crippen LogP contribution in [0.4, 0.5) is 0 Å². The van der Waals surface area contributed by atoms with Crippen molar-refractivity contribution in [1.82, 2.24) is 19.9 Å². The number of amides is 1. The summed E-state index contributed by atoms with van der Waals surface area (Å²) in [5.41, 5.74) is 1.89. The first kappa shape index (κ1) is 21.3. The van der Waals surface area contributed by atoms with Crippen LogP contribution in [0.2, 0.25) is 5.02 Å². The minimum absolute atomic E-state index is 0.166. The van der Waals surface area contributed by atoms with Crippen LogP contribution < -0.4 is 4.74 Å². The summed E-state index contributed by atoms with van der Waals surface area (Å²) in [7, 11) is 1.63.